The second kappa shape index (κ2) is 25.7. The predicted octanol–water partition coefficient (Wildman–Crippen LogP) is 6.39. The fourth-order valence-corrected chi connectivity index (χ4v) is 8.29. The first-order chi connectivity index (χ1) is 29.8. The molecule has 0 radical (unpaired) electrons. The summed E-state index contributed by atoms with van der Waals surface area (Å²) >= 11 is 0. The van der Waals surface area contributed by atoms with E-state index in [1.54, 1.807) is 26.4 Å². The van der Waals surface area contributed by atoms with Crippen molar-refractivity contribution in [3.63, 3.8) is 0 Å². The fourth-order valence-electron chi connectivity index (χ4n) is 6.09. The smallest absolute Gasteiger partial charge is 0.420 e. The van der Waals surface area contributed by atoms with E-state index in [1.807, 2.05) is 114 Å². The van der Waals surface area contributed by atoms with Crippen molar-refractivity contribution < 1.29 is 55.9 Å². The summed E-state index contributed by atoms with van der Waals surface area (Å²) in [5.74, 6) is 0.589. The third-order valence-corrected chi connectivity index (χ3v) is 12.4. The van der Waals surface area contributed by atoms with Gasteiger partial charge in [0.15, 0.2) is 23.0 Å². The maximum atomic E-state index is 13.3. The number of hydrogen-bond donors (Lipinski definition) is 2. The summed E-state index contributed by atoms with van der Waals surface area (Å²) in [6, 6.07) is 25.7. The van der Waals surface area contributed by atoms with Crippen LogP contribution >= 0.6 is 0 Å². The highest BCUT2D eigenvalue weighted by Crippen LogP contribution is 2.29. The standard InChI is InChI=1S/C46H60N2O12S2/c1-31(2)61(51)43-27-35(25-33(5)47-21-23-55-39-15-11-9-13-37(39)53-7)17-19-41(43)57-29-59-45(49)46(50)60-30-58-42-20-18-36(28-44(42)62(52)32(3)4)26-34(6)48-22-24-56-40-16-12-10-14-38(40)54-8/h9-20,27-28,31-34,47-48H,21-26,29-30H2,1-8H3. The Hall–Kier alpha value is -5.16. The molecule has 14 nitrogen and oxygen atoms in total. The summed E-state index contributed by atoms with van der Waals surface area (Å²) in [6.45, 7) is 12.2. The summed E-state index contributed by atoms with van der Waals surface area (Å²) in [4.78, 5) is 25.9. The van der Waals surface area contributed by atoms with E-state index < -0.39 is 47.1 Å². The summed E-state index contributed by atoms with van der Waals surface area (Å²) in [7, 11) is 0.340. The van der Waals surface area contributed by atoms with Crippen LogP contribution < -0.4 is 39.1 Å². The zero-order chi connectivity index (χ0) is 45.0. The number of methoxy groups -OCH3 is 2. The minimum absolute atomic E-state index is 0.0716. The zero-order valence-electron chi connectivity index (χ0n) is 36.8. The highest BCUT2D eigenvalue weighted by atomic mass is 32.2. The monoisotopic (exact) mass is 896 g/mol. The minimum atomic E-state index is -1.43. The lowest BCUT2D eigenvalue weighted by atomic mass is 10.1. The Morgan fingerprint density at radius 1 is 0.516 bits per heavy atom. The van der Waals surface area contributed by atoms with Crippen molar-refractivity contribution in [1.82, 2.24) is 10.6 Å². The number of esters is 2. The summed E-state index contributed by atoms with van der Waals surface area (Å²) < 4.78 is 70.4. The van der Waals surface area contributed by atoms with Crippen molar-refractivity contribution in [1.29, 1.82) is 0 Å². The van der Waals surface area contributed by atoms with Crippen LogP contribution in [0.1, 0.15) is 52.7 Å². The molecule has 0 aliphatic carbocycles. The van der Waals surface area contributed by atoms with E-state index in [-0.39, 0.29) is 34.1 Å². The number of para-hydroxylation sites is 4. The number of ether oxygens (including phenoxy) is 8. The van der Waals surface area contributed by atoms with E-state index in [1.165, 1.54) is 0 Å². The Morgan fingerprint density at radius 3 is 1.24 bits per heavy atom. The van der Waals surface area contributed by atoms with Crippen LogP contribution in [0.3, 0.4) is 0 Å². The Kier molecular flexibility index (Phi) is 20.5. The van der Waals surface area contributed by atoms with E-state index in [0.29, 0.717) is 71.9 Å². The number of carbonyl (C=O) groups excluding carboxylic acids is 2. The molecule has 2 N–H and O–H groups in total. The van der Waals surface area contributed by atoms with Crippen molar-refractivity contribution in [2.24, 2.45) is 0 Å². The number of rotatable bonds is 26. The first kappa shape index (κ1) is 49.5. The van der Waals surface area contributed by atoms with E-state index in [4.69, 9.17) is 37.9 Å². The predicted molar refractivity (Wildman–Crippen MR) is 238 cm³/mol. The van der Waals surface area contributed by atoms with Crippen molar-refractivity contribution in [3.05, 3.63) is 96.1 Å². The van der Waals surface area contributed by atoms with Crippen molar-refractivity contribution >= 4 is 33.5 Å². The van der Waals surface area contributed by atoms with Gasteiger partial charge in [0, 0.05) is 35.7 Å². The SMILES string of the molecule is COc1ccccc1OCCNC(C)Cc1ccc(OCOC(=O)C(=O)OCOc2ccc(CC(C)NCCOc3ccccc3OC)cc2S(=O)C(C)C)c(S(=O)C(C)C)c1. The van der Waals surface area contributed by atoms with E-state index >= 15 is 0 Å². The summed E-state index contributed by atoms with van der Waals surface area (Å²) in [5, 5.41) is 6.43. The number of nitrogens with one attached hydrogen (secondary N) is 2. The molecule has 16 heteroatoms. The molecule has 0 spiro atoms. The Bertz CT molecular complexity index is 1950. The maximum absolute atomic E-state index is 13.3. The molecule has 0 amide bonds. The second-order valence-corrected chi connectivity index (χ2v) is 18.7. The van der Waals surface area contributed by atoms with Gasteiger partial charge in [-0.3, -0.25) is 8.42 Å². The van der Waals surface area contributed by atoms with Gasteiger partial charge < -0.3 is 48.5 Å². The normalized spacial score (nSPS) is 13.1. The van der Waals surface area contributed by atoms with Crippen LogP contribution in [-0.4, -0.2) is 97.0 Å². The van der Waals surface area contributed by atoms with Crippen LogP contribution in [-0.2, 0) is 53.5 Å². The van der Waals surface area contributed by atoms with Gasteiger partial charge in [-0.15, -0.1) is 0 Å². The lowest BCUT2D eigenvalue weighted by Gasteiger charge is -2.18. The van der Waals surface area contributed by atoms with Crippen LogP contribution in [0.4, 0.5) is 0 Å². The molecular weight excluding hydrogens is 837 g/mol. The Labute approximate surface area is 370 Å². The van der Waals surface area contributed by atoms with Gasteiger partial charge in [0.2, 0.25) is 13.6 Å². The van der Waals surface area contributed by atoms with Gasteiger partial charge in [0.1, 0.15) is 24.7 Å². The molecule has 4 rings (SSSR count). The molecule has 338 valence electrons. The fraction of sp³-hybridized carbons (Fsp3) is 0.435. The zero-order valence-corrected chi connectivity index (χ0v) is 38.4. The lowest BCUT2D eigenvalue weighted by Crippen LogP contribution is -2.32. The molecule has 4 unspecified atom stereocenters. The molecule has 4 aromatic carbocycles. The Morgan fingerprint density at radius 2 is 0.887 bits per heavy atom. The van der Waals surface area contributed by atoms with E-state index in [0.717, 1.165) is 11.1 Å². The number of carbonyl (C=O) groups is 2. The molecule has 0 heterocycles. The number of hydrogen-bond acceptors (Lipinski definition) is 14. The molecule has 4 aromatic rings. The molecule has 0 aliphatic heterocycles. The van der Waals surface area contributed by atoms with Gasteiger partial charge in [0.25, 0.3) is 0 Å². The lowest BCUT2D eigenvalue weighted by molar-refractivity contribution is -0.175. The molecule has 0 aromatic heterocycles. The highest BCUT2D eigenvalue weighted by molar-refractivity contribution is 7.86. The van der Waals surface area contributed by atoms with E-state index in [2.05, 4.69) is 10.6 Å². The first-order valence-corrected chi connectivity index (χ1v) is 22.9. The molecule has 0 aliphatic rings. The molecule has 0 saturated heterocycles. The third kappa shape index (κ3) is 15.6. The maximum Gasteiger partial charge on any atom is 0.420 e. The first-order valence-electron chi connectivity index (χ1n) is 20.5. The highest BCUT2D eigenvalue weighted by Gasteiger charge is 2.22. The van der Waals surface area contributed by atoms with Gasteiger partial charge in [-0.2, -0.15) is 0 Å². The van der Waals surface area contributed by atoms with E-state index in [9.17, 15) is 18.0 Å². The third-order valence-electron chi connectivity index (χ3n) is 9.21. The van der Waals surface area contributed by atoms with Crippen LogP contribution in [0.2, 0.25) is 0 Å². The van der Waals surface area contributed by atoms with Gasteiger partial charge in [-0.05, 0) is 86.3 Å². The van der Waals surface area contributed by atoms with Crippen LogP contribution in [0.5, 0.6) is 34.5 Å². The summed E-state index contributed by atoms with van der Waals surface area (Å²) in [6.07, 6.45) is 1.28. The Balaban J connectivity index is 1.24. The molecule has 4 atom stereocenters. The van der Waals surface area contributed by atoms with Crippen molar-refractivity contribution in [2.45, 2.75) is 86.8 Å². The van der Waals surface area contributed by atoms with Gasteiger partial charge in [0.05, 0.1) is 45.6 Å². The molecule has 0 bridgehead atoms. The molecule has 0 saturated carbocycles. The largest absolute Gasteiger partial charge is 0.493 e. The quantitative estimate of drug-likeness (QED) is 0.0308. The van der Waals surface area contributed by atoms with Crippen LogP contribution in [0.25, 0.3) is 0 Å². The molecule has 62 heavy (non-hydrogen) atoms. The topological polar surface area (TPSA) is 166 Å². The average molecular weight is 897 g/mol. The van der Waals surface area contributed by atoms with Crippen molar-refractivity contribution in [2.75, 3.05) is 54.1 Å². The van der Waals surface area contributed by atoms with Gasteiger partial charge in [-0.1, -0.05) is 64.1 Å². The molecule has 0 fully saturated rings. The minimum Gasteiger partial charge on any atom is -0.493 e. The second-order valence-electron chi connectivity index (χ2n) is 14.8. The van der Waals surface area contributed by atoms with Crippen molar-refractivity contribution in [3.8, 4) is 34.5 Å². The summed E-state index contributed by atoms with van der Waals surface area (Å²) in [5.41, 5.74) is 1.86. The van der Waals surface area contributed by atoms with Gasteiger partial charge in [-0.25, -0.2) is 9.59 Å². The number of benzene rings is 4. The van der Waals surface area contributed by atoms with Crippen LogP contribution in [0, 0.1) is 0 Å². The average Bonchev–Trinajstić information content (AvgIpc) is 3.26. The van der Waals surface area contributed by atoms with Gasteiger partial charge >= 0.3 is 11.9 Å². The van der Waals surface area contributed by atoms with Crippen LogP contribution in [0.15, 0.2) is 94.7 Å². The molecular formula is C46H60N2O12S2.